The normalized spacial score (nSPS) is 31.3. The Morgan fingerprint density at radius 3 is 2.96 bits per heavy atom. The lowest BCUT2D eigenvalue weighted by atomic mass is 9.57. The highest BCUT2D eigenvalue weighted by molar-refractivity contribution is 5.85. The van der Waals surface area contributed by atoms with Crippen molar-refractivity contribution >= 4 is 12.4 Å². The number of aromatic hydroxyl groups is 1. The zero-order valence-corrected chi connectivity index (χ0v) is 15.4. The molecule has 1 spiro atoms. The number of benzene rings is 1. The molecule has 1 fully saturated rings. The lowest BCUT2D eigenvalue weighted by molar-refractivity contribution is 0.0643. The molecule has 0 aromatic heterocycles. The van der Waals surface area contributed by atoms with Gasteiger partial charge >= 0.3 is 0 Å². The Balaban J connectivity index is 0.00000157. The minimum Gasteiger partial charge on any atom is -0.504 e. The summed E-state index contributed by atoms with van der Waals surface area (Å²) in [5, 5.41) is 10.4. The minimum atomic E-state index is -0.156. The minimum absolute atomic E-state index is 0. The van der Waals surface area contributed by atoms with E-state index in [9.17, 15) is 5.11 Å². The SMILES string of the molecule is CCCN1CC[C@@]23C4=CC=C(OC)[C@@H]2Oc2c(O)ccc(c23)C[C@H]41.Cl. The van der Waals surface area contributed by atoms with Crippen LogP contribution in [0.15, 0.2) is 35.6 Å². The second kappa shape index (κ2) is 5.68. The summed E-state index contributed by atoms with van der Waals surface area (Å²) in [5.74, 6) is 1.79. The lowest BCUT2D eigenvalue weighted by Crippen LogP contribution is -2.59. The van der Waals surface area contributed by atoms with Crippen LogP contribution < -0.4 is 4.74 Å². The van der Waals surface area contributed by atoms with Crippen molar-refractivity contribution in [3.63, 3.8) is 0 Å². The van der Waals surface area contributed by atoms with Gasteiger partial charge in [0.1, 0.15) is 5.76 Å². The Bertz CT molecular complexity index is 787. The van der Waals surface area contributed by atoms with Crippen LogP contribution in [0.3, 0.4) is 0 Å². The highest BCUT2D eigenvalue weighted by Gasteiger charge is 2.62. The van der Waals surface area contributed by atoms with Crippen LogP contribution in [-0.2, 0) is 16.6 Å². The summed E-state index contributed by atoms with van der Waals surface area (Å²) >= 11 is 0. The molecule has 2 heterocycles. The fraction of sp³-hybridized carbons (Fsp3) is 0.500. The molecule has 0 saturated carbocycles. The van der Waals surface area contributed by atoms with E-state index in [2.05, 4.69) is 30.0 Å². The van der Waals surface area contributed by atoms with E-state index in [0.29, 0.717) is 11.8 Å². The van der Waals surface area contributed by atoms with Crippen LogP contribution >= 0.6 is 12.4 Å². The van der Waals surface area contributed by atoms with Crippen molar-refractivity contribution in [3.05, 3.63) is 46.7 Å². The van der Waals surface area contributed by atoms with Crippen LogP contribution in [0.5, 0.6) is 11.5 Å². The van der Waals surface area contributed by atoms with E-state index in [1.54, 1.807) is 13.2 Å². The van der Waals surface area contributed by atoms with Gasteiger partial charge in [0.2, 0.25) is 0 Å². The molecule has 5 rings (SSSR count). The largest absolute Gasteiger partial charge is 0.504 e. The van der Waals surface area contributed by atoms with Crippen molar-refractivity contribution in [1.29, 1.82) is 0 Å². The molecule has 0 amide bonds. The number of rotatable bonds is 3. The zero-order chi connectivity index (χ0) is 16.5. The van der Waals surface area contributed by atoms with Crippen molar-refractivity contribution in [2.45, 2.75) is 43.7 Å². The molecule has 5 heteroatoms. The summed E-state index contributed by atoms with van der Waals surface area (Å²) in [6, 6.07) is 4.31. The standard InChI is InChI=1S/C20H23NO3.ClH/c1-3-9-21-10-8-20-13-5-7-16(23-2)19(20)24-18-15(22)6-4-12(17(18)20)11-14(13)21;/h4-7,14,19,22H,3,8-11H2,1-2H3;1H/t14-,19+,20+;/m1./s1. The first-order valence-electron chi connectivity index (χ1n) is 8.93. The number of piperidine rings is 1. The van der Waals surface area contributed by atoms with Gasteiger partial charge in [-0.25, -0.2) is 0 Å². The van der Waals surface area contributed by atoms with E-state index < -0.39 is 0 Å². The maximum atomic E-state index is 10.4. The van der Waals surface area contributed by atoms with Crippen LogP contribution in [-0.4, -0.2) is 42.4 Å². The van der Waals surface area contributed by atoms with E-state index >= 15 is 0 Å². The summed E-state index contributed by atoms with van der Waals surface area (Å²) in [5.41, 5.74) is 3.83. The average Bonchev–Trinajstić information content (AvgIpc) is 2.94. The molecular formula is C20H24ClNO3. The second-order valence-electron chi connectivity index (χ2n) is 7.32. The molecule has 4 nitrogen and oxygen atoms in total. The molecule has 4 aliphatic rings. The van der Waals surface area contributed by atoms with Gasteiger partial charge in [-0.05, 0) is 49.1 Å². The lowest BCUT2D eigenvalue weighted by Gasteiger charge is -2.53. The third kappa shape index (κ3) is 1.92. The van der Waals surface area contributed by atoms with Gasteiger partial charge in [0.25, 0.3) is 0 Å². The van der Waals surface area contributed by atoms with Crippen molar-refractivity contribution in [2.24, 2.45) is 0 Å². The number of halogens is 1. The molecule has 1 aromatic carbocycles. The Labute approximate surface area is 154 Å². The molecule has 1 aromatic rings. The van der Waals surface area contributed by atoms with E-state index in [0.717, 1.165) is 31.7 Å². The summed E-state index contributed by atoms with van der Waals surface area (Å²) in [4.78, 5) is 2.62. The van der Waals surface area contributed by atoms with E-state index in [4.69, 9.17) is 9.47 Å². The molecule has 1 saturated heterocycles. The smallest absolute Gasteiger partial charge is 0.169 e. The first-order chi connectivity index (χ1) is 11.7. The topological polar surface area (TPSA) is 41.9 Å². The zero-order valence-electron chi connectivity index (χ0n) is 14.6. The van der Waals surface area contributed by atoms with Gasteiger partial charge in [0.15, 0.2) is 17.6 Å². The van der Waals surface area contributed by atoms with Gasteiger partial charge in [-0.1, -0.05) is 19.1 Å². The Kier molecular flexibility index (Phi) is 3.82. The fourth-order valence-corrected chi connectivity index (χ4v) is 5.40. The van der Waals surface area contributed by atoms with Crippen LogP contribution in [0.4, 0.5) is 0 Å². The maximum Gasteiger partial charge on any atom is 0.169 e. The average molecular weight is 362 g/mol. The van der Waals surface area contributed by atoms with Crippen molar-refractivity contribution < 1.29 is 14.6 Å². The van der Waals surface area contributed by atoms with E-state index in [1.165, 1.54) is 23.1 Å². The third-order valence-corrected chi connectivity index (χ3v) is 6.31. The summed E-state index contributed by atoms with van der Waals surface area (Å²) in [7, 11) is 1.71. The van der Waals surface area contributed by atoms with E-state index in [-0.39, 0.29) is 29.7 Å². The molecular weight excluding hydrogens is 338 g/mol. The summed E-state index contributed by atoms with van der Waals surface area (Å²) < 4.78 is 12.0. The highest BCUT2D eigenvalue weighted by Crippen LogP contribution is 2.62. The van der Waals surface area contributed by atoms with Gasteiger partial charge in [-0.2, -0.15) is 0 Å². The molecule has 2 aliphatic heterocycles. The molecule has 0 unspecified atom stereocenters. The number of likely N-dealkylation sites (tertiary alicyclic amines) is 1. The summed E-state index contributed by atoms with van der Waals surface area (Å²) in [6.45, 7) is 4.45. The van der Waals surface area contributed by atoms with Crippen LogP contribution in [0.2, 0.25) is 0 Å². The predicted molar refractivity (Wildman–Crippen MR) is 98.6 cm³/mol. The number of hydrogen-bond donors (Lipinski definition) is 1. The fourth-order valence-electron chi connectivity index (χ4n) is 5.40. The number of hydrogen-bond acceptors (Lipinski definition) is 4. The first kappa shape index (κ1) is 16.8. The van der Waals surface area contributed by atoms with E-state index in [1.807, 2.05) is 0 Å². The maximum absolute atomic E-state index is 10.4. The summed E-state index contributed by atoms with van der Waals surface area (Å²) in [6.07, 6.45) is 7.37. The van der Waals surface area contributed by atoms with Gasteiger partial charge in [-0.3, -0.25) is 4.90 Å². The first-order valence-corrected chi connectivity index (χ1v) is 8.93. The van der Waals surface area contributed by atoms with Gasteiger partial charge in [-0.15, -0.1) is 12.4 Å². The molecule has 2 aliphatic carbocycles. The monoisotopic (exact) mass is 361 g/mol. The second-order valence-corrected chi connectivity index (χ2v) is 7.32. The quantitative estimate of drug-likeness (QED) is 0.896. The number of methoxy groups -OCH3 is 1. The van der Waals surface area contributed by atoms with Crippen molar-refractivity contribution in [2.75, 3.05) is 20.2 Å². The Morgan fingerprint density at radius 1 is 1.36 bits per heavy atom. The predicted octanol–water partition coefficient (Wildman–Crippen LogP) is 3.32. The highest BCUT2D eigenvalue weighted by atomic mass is 35.5. The third-order valence-electron chi connectivity index (χ3n) is 6.31. The van der Waals surface area contributed by atoms with Crippen LogP contribution in [0, 0.1) is 0 Å². The number of ether oxygens (including phenoxy) is 2. The Morgan fingerprint density at radius 2 is 2.20 bits per heavy atom. The van der Waals surface area contributed by atoms with Gasteiger partial charge in [0.05, 0.1) is 12.5 Å². The number of nitrogens with zero attached hydrogens (tertiary/aromatic N) is 1. The molecule has 0 radical (unpaired) electrons. The molecule has 134 valence electrons. The van der Waals surface area contributed by atoms with Gasteiger partial charge < -0.3 is 14.6 Å². The molecule has 3 atom stereocenters. The number of phenols is 1. The number of phenolic OH excluding ortho intramolecular Hbond substituents is 1. The molecule has 25 heavy (non-hydrogen) atoms. The Hall–Kier alpha value is -1.65. The van der Waals surface area contributed by atoms with Gasteiger partial charge in [0, 0.05) is 18.2 Å². The van der Waals surface area contributed by atoms with Crippen molar-refractivity contribution in [1.82, 2.24) is 4.90 Å². The van der Waals surface area contributed by atoms with Crippen LogP contribution in [0.25, 0.3) is 0 Å². The van der Waals surface area contributed by atoms with Crippen molar-refractivity contribution in [3.8, 4) is 11.5 Å². The molecule has 1 N–H and O–H groups in total. The van der Waals surface area contributed by atoms with Crippen LogP contribution in [0.1, 0.15) is 30.9 Å². The molecule has 2 bridgehead atoms. The number of allylic oxidation sites excluding steroid dienone is 2.